The summed E-state index contributed by atoms with van der Waals surface area (Å²) in [5.41, 5.74) is 6.73. The quantitative estimate of drug-likeness (QED) is 0.492. The SMILES string of the molecule is C=C1C(C(N)=O)=CC=C[NH+]1CCCCCCCCCCCC.[Cl-]. The van der Waals surface area contributed by atoms with E-state index in [0.717, 1.165) is 17.1 Å². The molecule has 3 nitrogen and oxygen atoms in total. The van der Waals surface area contributed by atoms with Gasteiger partial charge in [-0.3, -0.25) is 9.69 Å². The molecule has 132 valence electrons. The number of rotatable bonds is 12. The Hall–Kier alpha value is -1.06. The van der Waals surface area contributed by atoms with E-state index >= 15 is 0 Å². The monoisotopic (exact) mass is 340 g/mol. The summed E-state index contributed by atoms with van der Waals surface area (Å²) in [6, 6.07) is 0. The van der Waals surface area contributed by atoms with Crippen molar-refractivity contribution in [2.75, 3.05) is 6.54 Å². The van der Waals surface area contributed by atoms with Crippen LogP contribution in [0.5, 0.6) is 0 Å². The van der Waals surface area contributed by atoms with Gasteiger partial charge in [-0.15, -0.1) is 0 Å². The van der Waals surface area contributed by atoms with Gasteiger partial charge in [-0.05, 0) is 31.6 Å². The second-order valence-corrected chi connectivity index (χ2v) is 6.24. The Morgan fingerprint density at radius 1 is 1.04 bits per heavy atom. The molecule has 4 heteroatoms. The molecule has 0 aromatic heterocycles. The number of nitrogens with one attached hydrogen (secondary N) is 1. The summed E-state index contributed by atoms with van der Waals surface area (Å²) in [6.07, 6.45) is 19.1. The number of carbonyl (C=O) groups excluding carboxylic acids is 1. The van der Waals surface area contributed by atoms with Crippen molar-refractivity contribution in [3.8, 4) is 0 Å². The lowest BCUT2D eigenvalue weighted by molar-refractivity contribution is -0.803. The minimum absolute atomic E-state index is 0. The van der Waals surface area contributed by atoms with Gasteiger partial charge in [0.25, 0.3) is 5.91 Å². The zero-order valence-corrected chi connectivity index (χ0v) is 15.3. The van der Waals surface area contributed by atoms with Crippen LogP contribution >= 0.6 is 0 Å². The molecule has 0 aliphatic carbocycles. The number of nitrogens with two attached hydrogens (primary N) is 1. The molecule has 1 amide bonds. The number of quaternary nitrogens is 1. The van der Waals surface area contributed by atoms with Crippen LogP contribution in [-0.4, -0.2) is 12.5 Å². The summed E-state index contributed by atoms with van der Waals surface area (Å²) < 4.78 is 0. The fourth-order valence-electron chi connectivity index (χ4n) is 2.90. The number of carbonyl (C=O) groups is 1. The van der Waals surface area contributed by atoms with Gasteiger partial charge in [0.05, 0.1) is 18.3 Å². The average molecular weight is 341 g/mol. The van der Waals surface area contributed by atoms with Gasteiger partial charge in [0, 0.05) is 0 Å². The molecule has 1 unspecified atom stereocenters. The summed E-state index contributed by atoms with van der Waals surface area (Å²) >= 11 is 0. The predicted octanol–water partition coefficient (Wildman–Crippen LogP) is 0.249. The Morgan fingerprint density at radius 3 is 2.09 bits per heavy atom. The Morgan fingerprint density at radius 2 is 1.57 bits per heavy atom. The van der Waals surface area contributed by atoms with Gasteiger partial charge in [0.15, 0.2) is 0 Å². The van der Waals surface area contributed by atoms with Gasteiger partial charge in [-0.1, -0.05) is 58.3 Å². The topological polar surface area (TPSA) is 47.5 Å². The molecule has 0 spiro atoms. The number of halogens is 1. The maximum atomic E-state index is 11.3. The smallest absolute Gasteiger partial charge is 0.254 e. The van der Waals surface area contributed by atoms with Gasteiger partial charge in [0.2, 0.25) is 0 Å². The normalized spacial score (nSPS) is 16.8. The van der Waals surface area contributed by atoms with Gasteiger partial charge in [-0.25, -0.2) is 0 Å². The fraction of sp³-hybridized carbons (Fsp3) is 0.632. The van der Waals surface area contributed by atoms with Crippen LogP contribution < -0.4 is 23.0 Å². The first-order valence-corrected chi connectivity index (χ1v) is 8.90. The number of hydrogen-bond donors (Lipinski definition) is 2. The largest absolute Gasteiger partial charge is 1.00 e. The first-order chi connectivity index (χ1) is 10.7. The lowest BCUT2D eigenvalue weighted by Gasteiger charge is -2.19. The van der Waals surface area contributed by atoms with Crippen LogP contribution in [0.3, 0.4) is 0 Å². The molecule has 1 heterocycles. The van der Waals surface area contributed by atoms with Crippen molar-refractivity contribution in [3.05, 3.63) is 36.2 Å². The Kier molecular flexibility index (Phi) is 12.8. The third kappa shape index (κ3) is 8.97. The Bertz CT molecular complexity index is 416. The third-order valence-electron chi connectivity index (χ3n) is 4.34. The van der Waals surface area contributed by atoms with Gasteiger partial charge >= 0.3 is 0 Å². The highest BCUT2D eigenvalue weighted by Gasteiger charge is 2.21. The minimum atomic E-state index is -0.380. The van der Waals surface area contributed by atoms with E-state index < -0.39 is 0 Å². The Labute approximate surface area is 148 Å². The Balaban J connectivity index is 0.00000484. The molecule has 0 aromatic rings. The van der Waals surface area contributed by atoms with Crippen LogP contribution in [-0.2, 0) is 4.79 Å². The highest BCUT2D eigenvalue weighted by molar-refractivity contribution is 5.96. The van der Waals surface area contributed by atoms with E-state index in [2.05, 4.69) is 19.7 Å². The van der Waals surface area contributed by atoms with Crippen LogP contribution in [0.4, 0.5) is 0 Å². The summed E-state index contributed by atoms with van der Waals surface area (Å²) in [4.78, 5) is 12.5. The van der Waals surface area contributed by atoms with Crippen molar-refractivity contribution in [2.24, 2.45) is 5.73 Å². The van der Waals surface area contributed by atoms with Crippen LogP contribution in [0.15, 0.2) is 36.2 Å². The molecule has 23 heavy (non-hydrogen) atoms. The molecular formula is C19H33ClN2O. The average Bonchev–Trinajstić information content (AvgIpc) is 2.50. The second-order valence-electron chi connectivity index (χ2n) is 6.24. The molecule has 0 aromatic carbocycles. The summed E-state index contributed by atoms with van der Waals surface area (Å²) in [6.45, 7) is 7.26. The molecular weight excluding hydrogens is 308 g/mol. The second kappa shape index (κ2) is 13.4. The summed E-state index contributed by atoms with van der Waals surface area (Å²) in [5, 5.41) is 0. The van der Waals surface area contributed by atoms with Gasteiger partial charge < -0.3 is 18.1 Å². The fourth-order valence-corrected chi connectivity index (χ4v) is 2.90. The lowest BCUT2D eigenvalue weighted by Crippen LogP contribution is -3.06. The molecule has 3 N–H and O–H groups in total. The highest BCUT2D eigenvalue weighted by atomic mass is 35.5. The standard InChI is InChI=1S/C19H32N2O.ClH/c1-3-4-5-6-7-8-9-10-11-12-15-21-16-13-14-18(17(21)2)19(20)22;/h13-14,16H,2-12,15H2,1H3,(H2,20,22);1H. The molecule has 0 bridgehead atoms. The van der Waals surface area contributed by atoms with E-state index in [1.165, 1.54) is 64.2 Å². The first kappa shape index (κ1) is 21.9. The zero-order valence-electron chi connectivity index (χ0n) is 14.6. The maximum absolute atomic E-state index is 11.3. The van der Waals surface area contributed by atoms with Crippen LogP contribution in [0.1, 0.15) is 71.1 Å². The van der Waals surface area contributed by atoms with E-state index in [9.17, 15) is 4.79 Å². The van der Waals surface area contributed by atoms with E-state index in [0.29, 0.717) is 5.57 Å². The van der Waals surface area contributed by atoms with Crippen molar-refractivity contribution in [2.45, 2.75) is 71.1 Å². The van der Waals surface area contributed by atoms with Crippen molar-refractivity contribution >= 4 is 5.91 Å². The van der Waals surface area contributed by atoms with Crippen LogP contribution in [0, 0.1) is 0 Å². The molecule has 0 saturated carbocycles. The van der Waals surface area contributed by atoms with Crippen molar-refractivity contribution in [1.82, 2.24) is 0 Å². The van der Waals surface area contributed by atoms with Crippen molar-refractivity contribution in [1.29, 1.82) is 0 Å². The number of allylic oxidation sites excluding steroid dienone is 2. The minimum Gasteiger partial charge on any atom is -1.00 e. The molecule has 0 radical (unpaired) electrons. The zero-order chi connectivity index (χ0) is 16.2. The van der Waals surface area contributed by atoms with Crippen LogP contribution in [0.25, 0.3) is 0 Å². The maximum Gasteiger partial charge on any atom is 0.254 e. The van der Waals surface area contributed by atoms with Crippen molar-refractivity contribution < 1.29 is 22.1 Å². The van der Waals surface area contributed by atoms with Crippen LogP contribution in [0.2, 0.25) is 0 Å². The molecule has 1 aliphatic rings. The lowest BCUT2D eigenvalue weighted by atomic mass is 10.1. The van der Waals surface area contributed by atoms with E-state index in [1.54, 1.807) is 6.08 Å². The van der Waals surface area contributed by atoms with Crippen molar-refractivity contribution in [3.63, 3.8) is 0 Å². The highest BCUT2D eigenvalue weighted by Crippen LogP contribution is 2.10. The van der Waals surface area contributed by atoms with E-state index in [-0.39, 0.29) is 18.3 Å². The number of primary amides is 1. The summed E-state index contributed by atoms with van der Waals surface area (Å²) in [7, 11) is 0. The first-order valence-electron chi connectivity index (χ1n) is 8.90. The number of hydrogen-bond acceptors (Lipinski definition) is 1. The van der Waals surface area contributed by atoms with E-state index in [4.69, 9.17) is 5.73 Å². The third-order valence-corrected chi connectivity index (χ3v) is 4.34. The van der Waals surface area contributed by atoms with Gasteiger partial charge in [-0.2, -0.15) is 0 Å². The molecule has 0 saturated heterocycles. The molecule has 0 fully saturated rings. The van der Waals surface area contributed by atoms with Gasteiger partial charge in [0.1, 0.15) is 5.70 Å². The van der Waals surface area contributed by atoms with E-state index in [1.807, 2.05) is 6.08 Å². The predicted molar refractivity (Wildman–Crippen MR) is 93.2 cm³/mol. The number of amides is 1. The number of unbranched alkanes of at least 4 members (excludes halogenated alkanes) is 9. The molecule has 1 atom stereocenters. The molecule has 1 aliphatic heterocycles. The summed E-state index contributed by atoms with van der Waals surface area (Å²) in [5.74, 6) is -0.380. The molecule has 1 rings (SSSR count).